The maximum Gasteiger partial charge on any atom is 0.221 e. The van der Waals surface area contributed by atoms with Crippen LogP contribution in [0, 0.1) is 5.92 Å². The zero-order chi connectivity index (χ0) is 12.4. The van der Waals surface area contributed by atoms with Crippen LogP contribution in [0.25, 0.3) is 0 Å². The lowest BCUT2D eigenvalue weighted by Gasteiger charge is -2.10. The number of hydrogen-bond donors (Lipinski definition) is 3. The summed E-state index contributed by atoms with van der Waals surface area (Å²) in [5, 5.41) is 0. The minimum atomic E-state index is -0.449. The van der Waals surface area contributed by atoms with E-state index in [2.05, 4.69) is 6.92 Å². The molecular formula is C12H27N3O2. The molecule has 2 amide bonds. The molecule has 0 spiro atoms. The number of carbonyl (C=O) groups is 2. The summed E-state index contributed by atoms with van der Waals surface area (Å²) in [6.45, 7) is 2.18. The fourth-order valence-electron chi connectivity index (χ4n) is 1.76. The Morgan fingerprint density at radius 2 is 1.53 bits per heavy atom. The normalized spacial score (nSPS) is 11.6. The molecule has 5 nitrogen and oxygen atoms in total. The van der Waals surface area contributed by atoms with Gasteiger partial charge in [0.25, 0.3) is 0 Å². The highest BCUT2D eigenvalue weighted by atomic mass is 16.2. The Kier molecular flexibility index (Phi) is 12.2. The highest BCUT2D eigenvalue weighted by molar-refractivity contribution is 5.83. The minimum Gasteiger partial charge on any atom is -0.370 e. The highest BCUT2D eigenvalue weighted by Crippen LogP contribution is 2.14. The molecule has 1 atom stereocenters. The van der Waals surface area contributed by atoms with Crippen molar-refractivity contribution < 1.29 is 9.59 Å². The van der Waals surface area contributed by atoms with E-state index in [1.807, 2.05) is 0 Å². The van der Waals surface area contributed by atoms with E-state index < -0.39 is 11.8 Å². The van der Waals surface area contributed by atoms with E-state index in [4.69, 9.17) is 11.5 Å². The van der Waals surface area contributed by atoms with Crippen LogP contribution in [0.2, 0.25) is 0 Å². The van der Waals surface area contributed by atoms with Gasteiger partial charge in [0.05, 0.1) is 0 Å². The maximum absolute atomic E-state index is 11.0. The third kappa shape index (κ3) is 11.2. The molecule has 0 radical (unpaired) electrons. The Balaban J connectivity index is 0. The molecule has 1 unspecified atom stereocenters. The number of primary amides is 2. The fraction of sp³-hybridized carbons (Fsp3) is 0.833. The van der Waals surface area contributed by atoms with Crippen molar-refractivity contribution in [1.29, 1.82) is 0 Å². The molecule has 0 aromatic carbocycles. The van der Waals surface area contributed by atoms with Gasteiger partial charge in [0.1, 0.15) is 0 Å². The Bertz CT molecular complexity index is 220. The summed E-state index contributed by atoms with van der Waals surface area (Å²) >= 11 is 0. The molecule has 0 bridgehead atoms. The van der Waals surface area contributed by atoms with Gasteiger partial charge in [-0.15, -0.1) is 0 Å². The summed E-state index contributed by atoms with van der Waals surface area (Å²) in [7, 11) is 0. The van der Waals surface area contributed by atoms with Gasteiger partial charge in [0.2, 0.25) is 11.8 Å². The largest absolute Gasteiger partial charge is 0.370 e. The smallest absolute Gasteiger partial charge is 0.221 e. The first-order chi connectivity index (χ1) is 7.57. The van der Waals surface area contributed by atoms with Gasteiger partial charge in [-0.25, -0.2) is 0 Å². The molecule has 0 aliphatic heterocycles. The fourth-order valence-corrected chi connectivity index (χ4v) is 1.76. The van der Waals surface area contributed by atoms with Crippen molar-refractivity contribution in [2.24, 2.45) is 17.4 Å². The summed E-state index contributed by atoms with van der Waals surface area (Å²) in [4.78, 5) is 21.7. The van der Waals surface area contributed by atoms with Crippen molar-refractivity contribution in [2.75, 3.05) is 0 Å². The van der Waals surface area contributed by atoms with Gasteiger partial charge >= 0.3 is 0 Å². The predicted molar refractivity (Wildman–Crippen MR) is 69.5 cm³/mol. The van der Waals surface area contributed by atoms with E-state index in [9.17, 15) is 9.59 Å². The SMILES string of the molecule is CCCCCCCCC(CC(N)=O)C(N)=O.N. The van der Waals surface area contributed by atoms with Crippen molar-refractivity contribution >= 4 is 11.8 Å². The van der Waals surface area contributed by atoms with E-state index in [0.29, 0.717) is 6.42 Å². The lowest BCUT2D eigenvalue weighted by atomic mass is 9.96. The first-order valence-electron chi connectivity index (χ1n) is 6.15. The van der Waals surface area contributed by atoms with Gasteiger partial charge in [0.15, 0.2) is 0 Å². The van der Waals surface area contributed by atoms with Gasteiger partial charge in [-0.05, 0) is 6.42 Å². The zero-order valence-electron chi connectivity index (χ0n) is 10.9. The molecule has 0 aromatic rings. The van der Waals surface area contributed by atoms with Crippen molar-refractivity contribution in [3.8, 4) is 0 Å². The molecular weight excluding hydrogens is 218 g/mol. The second-order valence-electron chi connectivity index (χ2n) is 4.33. The van der Waals surface area contributed by atoms with Gasteiger partial charge < -0.3 is 17.6 Å². The Hall–Kier alpha value is -1.10. The monoisotopic (exact) mass is 245 g/mol. The van der Waals surface area contributed by atoms with Crippen LogP contribution in [0.15, 0.2) is 0 Å². The standard InChI is InChI=1S/C12H24N2O2.H3N/c1-2-3-4-5-6-7-8-10(12(14)16)9-11(13)15;/h10H,2-9H2,1H3,(H2,13,15)(H2,14,16);1H3. The lowest BCUT2D eigenvalue weighted by molar-refractivity contribution is -0.127. The van der Waals surface area contributed by atoms with Gasteiger partial charge in [0, 0.05) is 12.3 Å². The predicted octanol–water partition coefficient (Wildman–Crippen LogP) is 1.88. The number of amides is 2. The number of nitrogens with two attached hydrogens (primary N) is 2. The topological polar surface area (TPSA) is 121 Å². The highest BCUT2D eigenvalue weighted by Gasteiger charge is 2.17. The Morgan fingerprint density at radius 3 is 2.00 bits per heavy atom. The Morgan fingerprint density at radius 1 is 1.00 bits per heavy atom. The molecule has 0 rings (SSSR count). The van der Waals surface area contributed by atoms with E-state index in [-0.39, 0.29) is 18.5 Å². The molecule has 0 heterocycles. The van der Waals surface area contributed by atoms with Crippen LogP contribution in [-0.4, -0.2) is 11.8 Å². The van der Waals surface area contributed by atoms with Crippen molar-refractivity contribution in [3.05, 3.63) is 0 Å². The quantitative estimate of drug-likeness (QED) is 0.509. The van der Waals surface area contributed by atoms with E-state index >= 15 is 0 Å². The van der Waals surface area contributed by atoms with Crippen LogP contribution in [0.5, 0.6) is 0 Å². The molecule has 0 aromatic heterocycles. The maximum atomic E-state index is 11.0. The van der Waals surface area contributed by atoms with Gasteiger partial charge in [-0.2, -0.15) is 0 Å². The molecule has 5 heteroatoms. The number of hydrogen-bond acceptors (Lipinski definition) is 3. The number of carbonyl (C=O) groups excluding carboxylic acids is 2. The van der Waals surface area contributed by atoms with Crippen LogP contribution in [0.4, 0.5) is 0 Å². The third-order valence-electron chi connectivity index (χ3n) is 2.76. The first-order valence-corrected chi connectivity index (χ1v) is 6.15. The summed E-state index contributed by atoms with van der Waals surface area (Å²) < 4.78 is 0. The summed E-state index contributed by atoms with van der Waals surface area (Å²) in [6.07, 6.45) is 7.75. The van der Waals surface area contributed by atoms with E-state index in [1.54, 1.807) is 0 Å². The molecule has 17 heavy (non-hydrogen) atoms. The number of rotatable bonds is 10. The average Bonchev–Trinajstić information content (AvgIpc) is 2.20. The van der Waals surface area contributed by atoms with Crippen molar-refractivity contribution in [2.45, 2.75) is 58.3 Å². The van der Waals surface area contributed by atoms with Crippen LogP contribution < -0.4 is 17.6 Å². The molecule has 0 fully saturated rings. The number of unbranched alkanes of at least 4 members (excludes halogenated alkanes) is 5. The van der Waals surface area contributed by atoms with Crippen LogP contribution >= 0.6 is 0 Å². The van der Waals surface area contributed by atoms with Crippen molar-refractivity contribution in [1.82, 2.24) is 6.15 Å². The first kappa shape index (κ1) is 18.3. The van der Waals surface area contributed by atoms with Crippen LogP contribution in [0.3, 0.4) is 0 Å². The lowest BCUT2D eigenvalue weighted by Crippen LogP contribution is -2.28. The molecule has 102 valence electrons. The molecule has 0 saturated carbocycles. The third-order valence-corrected chi connectivity index (χ3v) is 2.76. The minimum absolute atomic E-state index is 0. The summed E-state index contributed by atoms with van der Waals surface area (Å²) in [5.41, 5.74) is 10.3. The molecule has 7 N–H and O–H groups in total. The van der Waals surface area contributed by atoms with Crippen LogP contribution in [-0.2, 0) is 9.59 Å². The Labute approximate surface area is 104 Å². The van der Waals surface area contributed by atoms with Crippen molar-refractivity contribution in [3.63, 3.8) is 0 Å². The summed E-state index contributed by atoms with van der Waals surface area (Å²) in [6, 6.07) is 0. The average molecular weight is 245 g/mol. The molecule has 0 aliphatic carbocycles. The van der Waals surface area contributed by atoms with Gasteiger partial charge in [-0.3, -0.25) is 9.59 Å². The second-order valence-corrected chi connectivity index (χ2v) is 4.33. The van der Waals surface area contributed by atoms with Gasteiger partial charge in [-0.1, -0.05) is 45.4 Å². The molecule has 0 aliphatic rings. The summed E-state index contributed by atoms with van der Waals surface area (Å²) in [5.74, 6) is -1.23. The zero-order valence-corrected chi connectivity index (χ0v) is 10.9. The van der Waals surface area contributed by atoms with E-state index in [1.165, 1.54) is 25.7 Å². The van der Waals surface area contributed by atoms with E-state index in [0.717, 1.165) is 12.8 Å². The molecule has 0 saturated heterocycles. The second kappa shape index (κ2) is 11.4. The van der Waals surface area contributed by atoms with Crippen LogP contribution in [0.1, 0.15) is 58.3 Å².